The number of nitrogens with zero attached hydrogens (tertiary/aromatic N) is 3. The topological polar surface area (TPSA) is 90.2 Å². The molecule has 1 aromatic heterocycles. The number of nitro groups is 1. The van der Waals surface area contributed by atoms with Crippen LogP contribution in [0, 0.1) is 15.9 Å². The third-order valence-electron chi connectivity index (χ3n) is 3.54. The van der Waals surface area contributed by atoms with E-state index in [1.807, 2.05) is 0 Å². The van der Waals surface area contributed by atoms with Crippen LogP contribution in [0.4, 0.5) is 15.9 Å². The number of non-ortho nitro benzene ring substituents is 1. The van der Waals surface area contributed by atoms with Crippen LogP contribution in [0.2, 0.25) is 0 Å². The van der Waals surface area contributed by atoms with Crippen molar-refractivity contribution in [1.29, 1.82) is 0 Å². The number of aromatic nitrogens is 2. The number of ether oxygens (including phenoxy) is 1. The van der Waals surface area contributed by atoms with Crippen LogP contribution < -0.4 is 10.1 Å². The van der Waals surface area contributed by atoms with E-state index in [1.54, 1.807) is 12.1 Å². The second-order valence-electron chi connectivity index (χ2n) is 4.97. The van der Waals surface area contributed by atoms with Gasteiger partial charge < -0.3 is 10.1 Å². The van der Waals surface area contributed by atoms with Gasteiger partial charge in [0.05, 0.1) is 12.0 Å². The number of anilines is 1. The van der Waals surface area contributed by atoms with Gasteiger partial charge in [-0.2, -0.15) is 0 Å². The minimum Gasteiger partial charge on any atom is -0.496 e. The normalized spacial score (nSPS) is 10.6. The van der Waals surface area contributed by atoms with Crippen molar-refractivity contribution in [3.63, 3.8) is 0 Å². The molecule has 0 bridgehead atoms. The van der Waals surface area contributed by atoms with Gasteiger partial charge in [-0.15, -0.1) is 0 Å². The van der Waals surface area contributed by atoms with Gasteiger partial charge in [0.1, 0.15) is 29.2 Å². The zero-order valence-electron chi connectivity index (χ0n) is 12.7. The van der Waals surface area contributed by atoms with Crippen molar-refractivity contribution in [2.24, 2.45) is 0 Å². The van der Waals surface area contributed by atoms with Gasteiger partial charge in [-0.1, -0.05) is 6.07 Å². The van der Waals surface area contributed by atoms with Gasteiger partial charge in [-0.05, 0) is 18.2 Å². The van der Waals surface area contributed by atoms with E-state index in [0.29, 0.717) is 22.5 Å². The van der Waals surface area contributed by atoms with E-state index in [9.17, 15) is 14.5 Å². The summed E-state index contributed by atoms with van der Waals surface area (Å²) in [6, 6.07) is 8.93. The fraction of sp³-hybridized carbons (Fsp3) is 0.125. The molecule has 0 aliphatic carbocycles. The third kappa shape index (κ3) is 2.94. The standard InChI is InChI=1S/C16H13FN4O3/c1-24-14-6-5-11(21(22)23)7-10(14)8-18-16-12-3-2-4-13(17)15(12)19-9-20-16/h2-7,9H,8H2,1H3,(H,18,19,20). The summed E-state index contributed by atoms with van der Waals surface area (Å²) < 4.78 is 19.0. The molecule has 0 fully saturated rings. The molecule has 0 atom stereocenters. The van der Waals surface area contributed by atoms with Crippen molar-refractivity contribution in [1.82, 2.24) is 9.97 Å². The highest BCUT2D eigenvalue weighted by Gasteiger charge is 2.12. The van der Waals surface area contributed by atoms with Crippen molar-refractivity contribution in [3.8, 4) is 5.75 Å². The Morgan fingerprint density at radius 3 is 2.88 bits per heavy atom. The smallest absolute Gasteiger partial charge is 0.270 e. The van der Waals surface area contributed by atoms with E-state index in [-0.39, 0.29) is 17.7 Å². The highest BCUT2D eigenvalue weighted by molar-refractivity contribution is 5.89. The van der Waals surface area contributed by atoms with Crippen molar-refractivity contribution >= 4 is 22.4 Å². The molecule has 0 radical (unpaired) electrons. The van der Waals surface area contributed by atoms with Gasteiger partial charge in [0.25, 0.3) is 5.69 Å². The lowest BCUT2D eigenvalue weighted by Gasteiger charge is -2.11. The molecule has 1 N–H and O–H groups in total. The quantitative estimate of drug-likeness (QED) is 0.571. The molecule has 0 saturated heterocycles. The fourth-order valence-electron chi connectivity index (χ4n) is 2.39. The highest BCUT2D eigenvalue weighted by Crippen LogP contribution is 2.26. The minimum absolute atomic E-state index is 0.0359. The lowest BCUT2D eigenvalue weighted by Crippen LogP contribution is -2.05. The summed E-state index contributed by atoms with van der Waals surface area (Å²) in [5.41, 5.74) is 0.766. The largest absolute Gasteiger partial charge is 0.496 e. The Morgan fingerprint density at radius 1 is 1.29 bits per heavy atom. The summed E-state index contributed by atoms with van der Waals surface area (Å²) in [5.74, 6) is 0.511. The van der Waals surface area contributed by atoms with E-state index >= 15 is 0 Å². The van der Waals surface area contributed by atoms with Crippen molar-refractivity contribution in [2.75, 3.05) is 12.4 Å². The number of rotatable bonds is 5. The Balaban J connectivity index is 1.93. The van der Waals surface area contributed by atoms with Gasteiger partial charge in [-0.3, -0.25) is 10.1 Å². The van der Waals surface area contributed by atoms with Crippen molar-refractivity contribution < 1.29 is 14.1 Å². The van der Waals surface area contributed by atoms with Crippen LogP contribution in [-0.4, -0.2) is 22.0 Å². The maximum atomic E-state index is 13.8. The number of nitro benzene ring substituents is 1. The molecule has 3 rings (SSSR count). The Hall–Kier alpha value is -3.29. The SMILES string of the molecule is COc1ccc([N+](=O)[O-])cc1CNc1ncnc2c(F)cccc12. The molecular formula is C16H13FN4O3. The molecule has 7 nitrogen and oxygen atoms in total. The molecule has 0 amide bonds. The lowest BCUT2D eigenvalue weighted by molar-refractivity contribution is -0.384. The summed E-state index contributed by atoms with van der Waals surface area (Å²) in [6.07, 6.45) is 1.26. The molecule has 0 unspecified atom stereocenters. The molecule has 122 valence electrons. The lowest BCUT2D eigenvalue weighted by atomic mass is 10.1. The van der Waals surface area contributed by atoms with Gasteiger partial charge >= 0.3 is 0 Å². The summed E-state index contributed by atoms with van der Waals surface area (Å²) >= 11 is 0. The van der Waals surface area contributed by atoms with Crippen molar-refractivity contribution in [2.45, 2.75) is 6.54 Å². The first kappa shape index (κ1) is 15.6. The minimum atomic E-state index is -0.474. The summed E-state index contributed by atoms with van der Waals surface area (Å²) in [6.45, 7) is 0.230. The molecule has 8 heteroatoms. The van der Waals surface area contributed by atoms with E-state index < -0.39 is 10.7 Å². The summed E-state index contributed by atoms with van der Waals surface area (Å²) in [4.78, 5) is 18.5. The number of nitrogens with one attached hydrogen (secondary N) is 1. The Morgan fingerprint density at radius 2 is 2.12 bits per heavy atom. The molecule has 0 spiro atoms. The fourth-order valence-corrected chi connectivity index (χ4v) is 2.39. The zero-order valence-corrected chi connectivity index (χ0v) is 12.7. The predicted octanol–water partition coefficient (Wildman–Crippen LogP) is 3.30. The van der Waals surface area contributed by atoms with E-state index in [0.717, 1.165) is 0 Å². The van der Waals surface area contributed by atoms with Crippen LogP contribution in [-0.2, 0) is 6.54 Å². The van der Waals surface area contributed by atoms with Crippen LogP contribution >= 0.6 is 0 Å². The predicted molar refractivity (Wildman–Crippen MR) is 86.5 cm³/mol. The van der Waals surface area contributed by atoms with E-state index in [4.69, 9.17) is 4.74 Å². The molecule has 3 aromatic rings. The molecule has 24 heavy (non-hydrogen) atoms. The number of para-hydroxylation sites is 1. The number of benzene rings is 2. The first-order chi connectivity index (χ1) is 11.6. The third-order valence-corrected chi connectivity index (χ3v) is 3.54. The number of fused-ring (bicyclic) bond motifs is 1. The average molecular weight is 328 g/mol. The number of hydrogen-bond donors (Lipinski definition) is 1. The summed E-state index contributed by atoms with van der Waals surface area (Å²) in [7, 11) is 1.49. The molecule has 1 heterocycles. The van der Waals surface area contributed by atoms with Gasteiger partial charge in [0, 0.05) is 29.6 Å². The van der Waals surface area contributed by atoms with Crippen LogP contribution in [0.15, 0.2) is 42.7 Å². The van der Waals surface area contributed by atoms with Gasteiger partial charge in [0.15, 0.2) is 0 Å². The summed E-state index contributed by atoms with van der Waals surface area (Å²) in [5, 5.41) is 14.5. The Labute approximate surface area is 136 Å². The van der Waals surface area contributed by atoms with E-state index in [2.05, 4.69) is 15.3 Å². The second-order valence-corrected chi connectivity index (χ2v) is 4.97. The number of halogens is 1. The molecule has 0 saturated carbocycles. The molecular weight excluding hydrogens is 315 g/mol. The molecule has 0 aliphatic heterocycles. The Bertz CT molecular complexity index is 917. The number of methoxy groups -OCH3 is 1. The van der Waals surface area contributed by atoms with E-state index in [1.165, 1.54) is 37.7 Å². The molecule has 2 aromatic carbocycles. The van der Waals surface area contributed by atoms with Crippen LogP contribution in [0.25, 0.3) is 10.9 Å². The van der Waals surface area contributed by atoms with Gasteiger partial charge in [0.2, 0.25) is 0 Å². The van der Waals surface area contributed by atoms with Crippen molar-refractivity contribution in [3.05, 3.63) is 64.2 Å². The zero-order chi connectivity index (χ0) is 17.1. The number of hydrogen-bond acceptors (Lipinski definition) is 6. The van der Waals surface area contributed by atoms with Crippen LogP contribution in [0.1, 0.15) is 5.56 Å². The monoisotopic (exact) mass is 328 g/mol. The first-order valence-corrected chi connectivity index (χ1v) is 7.04. The second kappa shape index (κ2) is 6.45. The van der Waals surface area contributed by atoms with Gasteiger partial charge in [-0.25, -0.2) is 14.4 Å². The molecule has 0 aliphatic rings. The van der Waals surface area contributed by atoms with Crippen LogP contribution in [0.3, 0.4) is 0 Å². The first-order valence-electron chi connectivity index (χ1n) is 7.04. The maximum Gasteiger partial charge on any atom is 0.270 e. The average Bonchev–Trinajstić information content (AvgIpc) is 2.60. The highest BCUT2D eigenvalue weighted by atomic mass is 19.1. The maximum absolute atomic E-state index is 13.8. The Kier molecular flexibility index (Phi) is 4.19. The van der Waals surface area contributed by atoms with Crippen LogP contribution in [0.5, 0.6) is 5.75 Å².